The van der Waals surface area contributed by atoms with Crippen molar-refractivity contribution in [1.82, 2.24) is 5.32 Å². The van der Waals surface area contributed by atoms with E-state index in [1.807, 2.05) is 18.2 Å². The largest absolute Gasteiger partial charge is 0.368 e. The van der Waals surface area contributed by atoms with Gasteiger partial charge in [0, 0.05) is 6.42 Å². The molecular formula is C15H18N2O2. The summed E-state index contributed by atoms with van der Waals surface area (Å²) >= 11 is 0. The van der Waals surface area contributed by atoms with Gasteiger partial charge in [0.05, 0.1) is 0 Å². The summed E-state index contributed by atoms with van der Waals surface area (Å²) in [5, 5.41) is 2.71. The van der Waals surface area contributed by atoms with Gasteiger partial charge in [-0.05, 0) is 24.3 Å². The predicted octanol–water partition coefficient (Wildman–Crippen LogP) is 1.69. The predicted molar refractivity (Wildman–Crippen MR) is 73.0 cm³/mol. The molecule has 0 aromatic heterocycles. The zero-order valence-corrected chi connectivity index (χ0v) is 10.7. The average Bonchev–Trinajstić information content (AvgIpc) is 2.89. The monoisotopic (exact) mass is 258 g/mol. The molecule has 1 aromatic rings. The number of carbonyl (C=O) groups is 2. The maximum atomic E-state index is 11.9. The first-order valence-corrected chi connectivity index (χ1v) is 6.47. The topological polar surface area (TPSA) is 72.2 Å². The molecule has 3 N–H and O–H groups in total. The summed E-state index contributed by atoms with van der Waals surface area (Å²) in [6.07, 6.45) is 6.57. The second kappa shape index (κ2) is 6.18. The summed E-state index contributed by atoms with van der Waals surface area (Å²) in [5.74, 6) is -0.394. The molecule has 0 fully saturated rings. The zero-order valence-electron chi connectivity index (χ0n) is 10.7. The number of amides is 2. The number of benzene rings is 1. The average molecular weight is 258 g/mol. The first-order valence-electron chi connectivity index (χ1n) is 6.47. The van der Waals surface area contributed by atoms with Crippen LogP contribution in [0.3, 0.4) is 0 Å². The van der Waals surface area contributed by atoms with Crippen LogP contribution < -0.4 is 11.1 Å². The molecule has 0 unspecified atom stereocenters. The molecular weight excluding hydrogens is 240 g/mol. The van der Waals surface area contributed by atoms with Crippen LogP contribution in [0.15, 0.2) is 42.5 Å². The van der Waals surface area contributed by atoms with E-state index >= 15 is 0 Å². The molecule has 1 aliphatic carbocycles. The number of nitrogens with two attached hydrogens (primary N) is 1. The molecule has 100 valence electrons. The fourth-order valence-electron chi connectivity index (χ4n) is 2.29. The molecule has 4 heteroatoms. The fourth-order valence-corrected chi connectivity index (χ4v) is 2.29. The van der Waals surface area contributed by atoms with Crippen LogP contribution >= 0.6 is 0 Å². The van der Waals surface area contributed by atoms with Crippen molar-refractivity contribution in [3.8, 4) is 0 Å². The van der Waals surface area contributed by atoms with Gasteiger partial charge < -0.3 is 11.1 Å². The van der Waals surface area contributed by atoms with Crippen molar-refractivity contribution >= 4 is 11.8 Å². The summed E-state index contributed by atoms with van der Waals surface area (Å²) in [7, 11) is 0. The molecule has 2 amide bonds. The van der Waals surface area contributed by atoms with E-state index in [-0.39, 0.29) is 11.8 Å². The third-order valence-electron chi connectivity index (χ3n) is 3.28. The number of hydrogen-bond acceptors (Lipinski definition) is 2. The van der Waals surface area contributed by atoms with Crippen molar-refractivity contribution in [2.75, 3.05) is 0 Å². The first kappa shape index (κ1) is 13.3. The molecule has 0 bridgehead atoms. The van der Waals surface area contributed by atoms with Crippen LogP contribution in [-0.4, -0.2) is 11.8 Å². The number of hydrogen-bond donors (Lipinski definition) is 2. The van der Waals surface area contributed by atoms with Gasteiger partial charge in [0.25, 0.3) is 0 Å². The van der Waals surface area contributed by atoms with Crippen molar-refractivity contribution < 1.29 is 9.59 Å². The summed E-state index contributed by atoms with van der Waals surface area (Å²) in [5.41, 5.74) is 6.07. The maximum absolute atomic E-state index is 11.9. The van der Waals surface area contributed by atoms with Gasteiger partial charge in [-0.25, -0.2) is 0 Å². The van der Waals surface area contributed by atoms with Crippen molar-refractivity contribution in [1.29, 1.82) is 0 Å². The summed E-state index contributed by atoms with van der Waals surface area (Å²) in [6, 6.07) is 8.30. The van der Waals surface area contributed by atoms with E-state index in [4.69, 9.17) is 5.73 Å². The van der Waals surface area contributed by atoms with E-state index in [0.717, 1.165) is 12.8 Å². The molecule has 0 radical (unpaired) electrons. The second-order valence-corrected chi connectivity index (χ2v) is 4.78. The minimum atomic E-state index is -0.751. The Balaban J connectivity index is 1.99. The summed E-state index contributed by atoms with van der Waals surface area (Å²) in [6.45, 7) is 0. The van der Waals surface area contributed by atoms with Crippen LogP contribution in [0.4, 0.5) is 0 Å². The molecule has 1 aliphatic rings. The Morgan fingerprint density at radius 2 is 2.05 bits per heavy atom. The Bertz CT molecular complexity index is 482. The van der Waals surface area contributed by atoms with Crippen molar-refractivity contribution in [2.45, 2.75) is 25.3 Å². The Morgan fingerprint density at radius 3 is 2.63 bits per heavy atom. The van der Waals surface area contributed by atoms with Crippen molar-refractivity contribution in [2.24, 2.45) is 11.7 Å². The van der Waals surface area contributed by atoms with E-state index in [1.165, 1.54) is 0 Å². The fraction of sp³-hybridized carbons (Fsp3) is 0.333. The SMILES string of the molecule is NC(=O)[C@@H](NC(=O)C[C@H]1C=CCC1)c1ccccc1. The zero-order chi connectivity index (χ0) is 13.7. The van der Waals surface area contributed by atoms with E-state index in [0.29, 0.717) is 12.0 Å². The number of rotatable bonds is 5. The minimum absolute atomic E-state index is 0.135. The lowest BCUT2D eigenvalue weighted by molar-refractivity contribution is -0.127. The van der Waals surface area contributed by atoms with Gasteiger partial charge in [0.15, 0.2) is 0 Å². The normalized spacial score (nSPS) is 19.1. The van der Waals surface area contributed by atoms with Crippen LogP contribution in [0, 0.1) is 5.92 Å². The summed E-state index contributed by atoms with van der Waals surface area (Å²) in [4.78, 5) is 23.4. The Hall–Kier alpha value is -2.10. The van der Waals surface area contributed by atoms with Gasteiger partial charge in [-0.3, -0.25) is 9.59 Å². The van der Waals surface area contributed by atoms with Gasteiger partial charge in [0.2, 0.25) is 11.8 Å². The molecule has 0 spiro atoms. The van der Waals surface area contributed by atoms with Crippen LogP contribution in [0.25, 0.3) is 0 Å². The quantitative estimate of drug-likeness (QED) is 0.789. The van der Waals surface area contributed by atoms with E-state index in [9.17, 15) is 9.59 Å². The number of carbonyl (C=O) groups excluding carboxylic acids is 2. The van der Waals surface area contributed by atoms with Crippen LogP contribution in [-0.2, 0) is 9.59 Å². The van der Waals surface area contributed by atoms with Gasteiger partial charge in [-0.2, -0.15) is 0 Å². The van der Waals surface area contributed by atoms with Crippen LogP contribution in [0.5, 0.6) is 0 Å². The first-order chi connectivity index (χ1) is 9.16. The molecule has 0 saturated heterocycles. The Morgan fingerprint density at radius 1 is 1.32 bits per heavy atom. The molecule has 0 heterocycles. The standard InChI is InChI=1S/C15H18N2O2/c16-15(19)14(12-8-2-1-3-9-12)17-13(18)10-11-6-4-5-7-11/h1-4,6,8-9,11,14H,5,7,10H2,(H2,16,19)(H,17,18)/t11-,14-/m0/s1. The molecule has 2 rings (SSSR count). The van der Waals surface area contributed by atoms with Crippen LogP contribution in [0.2, 0.25) is 0 Å². The maximum Gasteiger partial charge on any atom is 0.244 e. The highest BCUT2D eigenvalue weighted by molar-refractivity contribution is 5.87. The smallest absolute Gasteiger partial charge is 0.244 e. The van der Waals surface area contributed by atoms with Crippen molar-refractivity contribution in [3.05, 3.63) is 48.0 Å². The third-order valence-corrected chi connectivity index (χ3v) is 3.28. The van der Waals surface area contributed by atoms with E-state index in [2.05, 4.69) is 17.5 Å². The summed E-state index contributed by atoms with van der Waals surface area (Å²) < 4.78 is 0. The lowest BCUT2D eigenvalue weighted by atomic mass is 10.0. The Labute approximate surface area is 112 Å². The molecule has 0 aliphatic heterocycles. The van der Waals surface area contributed by atoms with Gasteiger partial charge >= 0.3 is 0 Å². The van der Waals surface area contributed by atoms with Gasteiger partial charge in [-0.1, -0.05) is 42.5 Å². The second-order valence-electron chi connectivity index (χ2n) is 4.78. The highest BCUT2D eigenvalue weighted by Gasteiger charge is 2.21. The molecule has 0 saturated carbocycles. The van der Waals surface area contributed by atoms with E-state index < -0.39 is 11.9 Å². The van der Waals surface area contributed by atoms with E-state index in [1.54, 1.807) is 12.1 Å². The minimum Gasteiger partial charge on any atom is -0.368 e. The molecule has 2 atom stereocenters. The van der Waals surface area contributed by atoms with Gasteiger partial charge in [-0.15, -0.1) is 0 Å². The van der Waals surface area contributed by atoms with Crippen LogP contribution in [0.1, 0.15) is 30.9 Å². The Kier molecular flexibility index (Phi) is 4.34. The third kappa shape index (κ3) is 3.68. The lowest BCUT2D eigenvalue weighted by Crippen LogP contribution is -2.37. The highest BCUT2D eigenvalue weighted by Crippen LogP contribution is 2.21. The molecule has 19 heavy (non-hydrogen) atoms. The highest BCUT2D eigenvalue weighted by atomic mass is 16.2. The lowest BCUT2D eigenvalue weighted by Gasteiger charge is -2.17. The number of primary amides is 1. The number of nitrogens with one attached hydrogen (secondary N) is 1. The van der Waals surface area contributed by atoms with Gasteiger partial charge in [0.1, 0.15) is 6.04 Å². The molecule has 1 aromatic carbocycles. The molecule has 4 nitrogen and oxygen atoms in total. The van der Waals surface area contributed by atoms with Crippen molar-refractivity contribution in [3.63, 3.8) is 0 Å². The number of allylic oxidation sites excluding steroid dienone is 2.